The van der Waals surface area contributed by atoms with Crippen molar-refractivity contribution in [1.82, 2.24) is 0 Å². The molecule has 72 valence electrons. The first-order valence-corrected chi connectivity index (χ1v) is 4.60. The first kappa shape index (κ1) is 9.21. The van der Waals surface area contributed by atoms with Crippen LogP contribution in [0.2, 0.25) is 0 Å². The third-order valence-corrected chi connectivity index (χ3v) is 2.33. The van der Waals surface area contributed by atoms with Crippen LogP contribution in [0.5, 0.6) is 11.5 Å². The molecule has 0 saturated carbocycles. The van der Waals surface area contributed by atoms with Crippen molar-refractivity contribution in [3.8, 4) is 11.5 Å². The molecule has 0 heterocycles. The summed E-state index contributed by atoms with van der Waals surface area (Å²) in [5.41, 5.74) is 0. The summed E-state index contributed by atoms with van der Waals surface area (Å²) in [6.45, 7) is 0. The topological polar surface area (TPSA) is 18.5 Å². The molecule has 0 spiro atoms. The van der Waals surface area contributed by atoms with Crippen molar-refractivity contribution in [2.24, 2.45) is 0 Å². The van der Waals surface area contributed by atoms with Crippen molar-refractivity contribution >= 4 is 23.7 Å². The lowest BCUT2D eigenvalue weighted by molar-refractivity contribution is 0.401. The minimum Gasteiger partial charge on any atom is -0.493 e. The predicted octanol–water partition coefficient (Wildman–Crippen LogP) is 3.07. The van der Waals surface area contributed by atoms with Crippen molar-refractivity contribution in [1.29, 1.82) is 0 Å². The Bertz CT molecular complexity index is 411. The molecular formula is C11H10O2S. The van der Waals surface area contributed by atoms with Gasteiger partial charge in [0.15, 0.2) is 11.5 Å². The summed E-state index contributed by atoms with van der Waals surface area (Å²) in [7, 11) is 1.61. The van der Waals surface area contributed by atoms with Crippen LogP contribution in [0.25, 0.3) is 10.8 Å². The highest BCUT2D eigenvalue weighted by atomic mass is 32.1. The Kier molecular flexibility index (Phi) is 2.50. The largest absolute Gasteiger partial charge is 0.493 e. The second kappa shape index (κ2) is 3.80. The van der Waals surface area contributed by atoms with Gasteiger partial charge in [0.05, 0.1) is 7.11 Å². The van der Waals surface area contributed by atoms with E-state index < -0.39 is 0 Å². The molecule has 0 aromatic heterocycles. The molecule has 3 heteroatoms. The van der Waals surface area contributed by atoms with E-state index in [1.807, 2.05) is 36.4 Å². The highest BCUT2D eigenvalue weighted by Gasteiger charge is 2.04. The predicted molar refractivity (Wildman–Crippen MR) is 60.1 cm³/mol. The molecule has 0 amide bonds. The Labute approximate surface area is 88.1 Å². The maximum absolute atomic E-state index is 5.17. The molecule has 0 fully saturated rings. The fourth-order valence-corrected chi connectivity index (χ4v) is 1.57. The lowest BCUT2D eigenvalue weighted by atomic mass is 10.1. The van der Waals surface area contributed by atoms with Crippen LogP contribution in [0.4, 0.5) is 0 Å². The highest BCUT2D eigenvalue weighted by molar-refractivity contribution is 7.75. The molecule has 0 aliphatic rings. The lowest BCUT2D eigenvalue weighted by Gasteiger charge is -2.07. The Balaban J connectivity index is 2.69. The molecule has 0 unspecified atom stereocenters. The van der Waals surface area contributed by atoms with Crippen molar-refractivity contribution in [3.05, 3.63) is 36.4 Å². The fourth-order valence-electron chi connectivity index (χ4n) is 1.43. The lowest BCUT2D eigenvalue weighted by Crippen LogP contribution is -1.87. The SMILES string of the molecule is COc1cc2ccccc2cc1OS. The summed E-state index contributed by atoms with van der Waals surface area (Å²) in [6.07, 6.45) is 0. The molecule has 0 N–H and O–H groups in total. The minimum atomic E-state index is 0.634. The Morgan fingerprint density at radius 3 is 2.07 bits per heavy atom. The first-order valence-electron chi connectivity index (χ1n) is 4.23. The van der Waals surface area contributed by atoms with Crippen LogP contribution in [0, 0.1) is 0 Å². The summed E-state index contributed by atoms with van der Waals surface area (Å²) in [4.78, 5) is 0. The number of fused-ring (bicyclic) bond motifs is 1. The van der Waals surface area contributed by atoms with Gasteiger partial charge in [-0.05, 0) is 22.9 Å². The van der Waals surface area contributed by atoms with Crippen LogP contribution in [-0.2, 0) is 0 Å². The maximum atomic E-state index is 5.17. The van der Waals surface area contributed by atoms with Crippen molar-refractivity contribution in [3.63, 3.8) is 0 Å². The van der Waals surface area contributed by atoms with Gasteiger partial charge >= 0.3 is 0 Å². The molecule has 0 radical (unpaired) electrons. The standard InChI is InChI=1S/C11H10O2S/c1-12-10-6-8-4-2-3-5-9(8)7-11(10)13-14/h2-7,14H,1H3. The second-order valence-corrected chi connectivity index (χ2v) is 3.12. The number of methoxy groups -OCH3 is 1. The number of benzene rings is 2. The quantitative estimate of drug-likeness (QED) is 0.601. The van der Waals surface area contributed by atoms with Gasteiger partial charge in [-0.25, -0.2) is 0 Å². The van der Waals surface area contributed by atoms with E-state index in [0.717, 1.165) is 10.8 Å². The summed E-state index contributed by atoms with van der Waals surface area (Å²) in [5.74, 6) is 1.33. The fraction of sp³-hybridized carbons (Fsp3) is 0.0909. The molecule has 0 saturated heterocycles. The number of rotatable bonds is 2. The van der Waals surface area contributed by atoms with E-state index in [0.29, 0.717) is 11.5 Å². The van der Waals surface area contributed by atoms with Gasteiger partial charge < -0.3 is 8.92 Å². The monoisotopic (exact) mass is 206 g/mol. The number of ether oxygens (including phenoxy) is 1. The third-order valence-electron chi connectivity index (χ3n) is 2.13. The second-order valence-electron chi connectivity index (χ2n) is 2.94. The molecular weight excluding hydrogens is 196 g/mol. The summed E-state index contributed by atoms with van der Waals surface area (Å²) in [5, 5.41) is 2.23. The highest BCUT2D eigenvalue weighted by Crippen LogP contribution is 2.32. The smallest absolute Gasteiger partial charge is 0.179 e. The van der Waals surface area contributed by atoms with E-state index >= 15 is 0 Å². The van der Waals surface area contributed by atoms with E-state index in [1.165, 1.54) is 0 Å². The molecule has 2 aromatic carbocycles. The van der Waals surface area contributed by atoms with Crippen LogP contribution in [0.1, 0.15) is 0 Å². The first-order chi connectivity index (χ1) is 6.85. The van der Waals surface area contributed by atoms with Gasteiger partial charge in [-0.1, -0.05) is 24.3 Å². The Hall–Kier alpha value is -1.35. The molecule has 14 heavy (non-hydrogen) atoms. The zero-order chi connectivity index (χ0) is 9.97. The molecule has 2 aromatic rings. The van der Waals surface area contributed by atoms with Gasteiger partial charge in [0.1, 0.15) is 0 Å². The van der Waals surface area contributed by atoms with Crippen LogP contribution >= 0.6 is 12.9 Å². The van der Waals surface area contributed by atoms with E-state index in [4.69, 9.17) is 8.92 Å². The Morgan fingerprint density at radius 2 is 1.57 bits per heavy atom. The normalized spacial score (nSPS) is 10.1. The molecule has 0 aliphatic heterocycles. The molecule has 0 bridgehead atoms. The maximum Gasteiger partial charge on any atom is 0.179 e. The van der Waals surface area contributed by atoms with Gasteiger partial charge in [0.2, 0.25) is 0 Å². The van der Waals surface area contributed by atoms with Crippen LogP contribution in [0.3, 0.4) is 0 Å². The number of hydrogen-bond acceptors (Lipinski definition) is 3. The summed E-state index contributed by atoms with van der Waals surface area (Å²) in [6, 6.07) is 11.9. The summed E-state index contributed by atoms with van der Waals surface area (Å²) < 4.78 is 10.1. The average molecular weight is 206 g/mol. The van der Waals surface area contributed by atoms with Crippen LogP contribution in [0.15, 0.2) is 36.4 Å². The van der Waals surface area contributed by atoms with E-state index in [-0.39, 0.29) is 0 Å². The van der Waals surface area contributed by atoms with E-state index in [2.05, 4.69) is 12.9 Å². The molecule has 2 rings (SSSR count). The minimum absolute atomic E-state index is 0.634. The van der Waals surface area contributed by atoms with Crippen molar-refractivity contribution < 1.29 is 8.92 Å². The Morgan fingerprint density at radius 1 is 1.00 bits per heavy atom. The molecule has 0 aliphatic carbocycles. The number of thiol groups is 1. The third kappa shape index (κ3) is 1.51. The summed E-state index contributed by atoms with van der Waals surface area (Å²) >= 11 is 3.78. The van der Waals surface area contributed by atoms with Gasteiger partial charge in [-0.15, -0.1) is 0 Å². The van der Waals surface area contributed by atoms with Gasteiger partial charge in [-0.3, -0.25) is 0 Å². The van der Waals surface area contributed by atoms with Crippen molar-refractivity contribution in [2.45, 2.75) is 0 Å². The van der Waals surface area contributed by atoms with Crippen molar-refractivity contribution in [2.75, 3.05) is 7.11 Å². The molecule has 2 nitrogen and oxygen atoms in total. The molecule has 0 atom stereocenters. The van der Waals surface area contributed by atoms with Gasteiger partial charge in [0.25, 0.3) is 0 Å². The van der Waals surface area contributed by atoms with E-state index in [9.17, 15) is 0 Å². The number of hydrogen-bond donors (Lipinski definition) is 1. The van der Waals surface area contributed by atoms with Crippen LogP contribution < -0.4 is 8.92 Å². The average Bonchev–Trinajstić information content (AvgIpc) is 2.27. The van der Waals surface area contributed by atoms with Gasteiger partial charge in [0, 0.05) is 12.9 Å². The van der Waals surface area contributed by atoms with E-state index in [1.54, 1.807) is 7.11 Å². The zero-order valence-corrected chi connectivity index (χ0v) is 8.62. The zero-order valence-electron chi connectivity index (χ0n) is 7.73. The van der Waals surface area contributed by atoms with Crippen LogP contribution in [-0.4, -0.2) is 7.11 Å². The van der Waals surface area contributed by atoms with Gasteiger partial charge in [-0.2, -0.15) is 0 Å².